The van der Waals surface area contributed by atoms with Crippen LogP contribution in [-0.2, 0) is 4.79 Å². The molecule has 0 saturated heterocycles. The number of rotatable bonds is 5. The minimum atomic E-state index is -0.361. The summed E-state index contributed by atoms with van der Waals surface area (Å²) >= 11 is 7.47. The number of amides is 1. The number of carbonyl (C=O) groups is 1. The number of nitriles is 1. The Morgan fingerprint density at radius 1 is 1.29 bits per heavy atom. The second-order valence-electron chi connectivity index (χ2n) is 6.73. The van der Waals surface area contributed by atoms with E-state index < -0.39 is 0 Å². The molecule has 0 spiro atoms. The predicted molar refractivity (Wildman–Crippen MR) is 112 cm³/mol. The van der Waals surface area contributed by atoms with Crippen LogP contribution in [-0.4, -0.2) is 21.1 Å². The Labute approximate surface area is 172 Å². The normalized spacial score (nSPS) is 14.5. The van der Waals surface area contributed by atoms with Crippen molar-refractivity contribution < 1.29 is 4.79 Å². The zero-order valence-electron chi connectivity index (χ0n) is 15.1. The lowest BCUT2D eigenvalue weighted by Crippen LogP contribution is -2.22. The molecule has 0 bridgehead atoms. The van der Waals surface area contributed by atoms with E-state index in [1.165, 1.54) is 11.8 Å². The predicted octanol–water partition coefficient (Wildman–Crippen LogP) is 5.15. The average Bonchev–Trinajstić information content (AvgIpc) is 3.53. The van der Waals surface area contributed by atoms with Gasteiger partial charge in [0.2, 0.25) is 5.91 Å². The highest BCUT2D eigenvalue weighted by Crippen LogP contribution is 2.40. The van der Waals surface area contributed by atoms with E-state index in [0.717, 1.165) is 34.6 Å². The first-order valence-electron chi connectivity index (χ1n) is 8.99. The van der Waals surface area contributed by atoms with Crippen LogP contribution in [0, 0.1) is 11.3 Å². The Kier molecular flexibility index (Phi) is 5.21. The van der Waals surface area contributed by atoms with E-state index in [1.807, 2.05) is 37.3 Å². The van der Waals surface area contributed by atoms with Gasteiger partial charge in [-0.1, -0.05) is 41.6 Å². The fraction of sp³-hybridized carbons (Fsp3) is 0.238. The first kappa shape index (κ1) is 18.7. The van der Waals surface area contributed by atoms with Crippen LogP contribution < -0.4 is 5.32 Å². The molecule has 28 heavy (non-hydrogen) atoms. The molecule has 2 aromatic carbocycles. The zero-order valence-corrected chi connectivity index (χ0v) is 16.7. The van der Waals surface area contributed by atoms with Crippen molar-refractivity contribution in [1.29, 1.82) is 5.26 Å². The quantitative estimate of drug-likeness (QED) is 0.466. The van der Waals surface area contributed by atoms with Gasteiger partial charge in [0, 0.05) is 17.0 Å². The molecule has 0 radical (unpaired) electrons. The minimum Gasteiger partial charge on any atom is -0.325 e. The monoisotopic (exact) mass is 408 g/mol. The lowest BCUT2D eigenvalue weighted by molar-refractivity contribution is -0.115. The van der Waals surface area contributed by atoms with Gasteiger partial charge in [-0.05, 0) is 44.0 Å². The lowest BCUT2D eigenvalue weighted by atomic mass is 10.2. The molecular weight excluding hydrogens is 392 g/mol. The number of halogens is 1. The van der Waals surface area contributed by atoms with Crippen LogP contribution >= 0.6 is 23.4 Å². The van der Waals surface area contributed by atoms with E-state index in [-0.39, 0.29) is 11.2 Å². The maximum atomic E-state index is 12.7. The van der Waals surface area contributed by atoms with E-state index in [9.17, 15) is 4.79 Å². The van der Waals surface area contributed by atoms with Crippen LogP contribution in [0.25, 0.3) is 10.9 Å². The van der Waals surface area contributed by atoms with Gasteiger partial charge in [-0.3, -0.25) is 4.79 Å². The number of thioether (sulfide) groups is 1. The van der Waals surface area contributed by atoms with Gasteiger partial charge in [0.15, 0.2) is 0 Å². The van der Waals surface area contributed by atoms with E-state index >= 15 is 0 Å². The Hall–Kier alpha value is -2.62. The molecule has 5 nitrogen and oxygen atoms in total. The summed E-state index contributed by atoms with van der Waals surface area (Å²) in [6.07, 6.45) is 2.25. The standard InChI is InChI=1S/C21H17ClN4OS/c1-12(20(27)24-15-9-8-14(11-23)17(22)10-15)28-21-16-4-2-3-5-18(16)25-19(26-21)13-6-7-13/h2-5,8-10,12-13H,6-7H2,1H3,(H,24,27). The van der Waals surface area contributed by atoms with Gasteiger partial charge in [-0.25, -0.2) is 9.97 Å². The van der Waals surface area contributed by atoms with E-state index in [0.29, 0.717) is 22.2 Å². The van der Waals surface area contributed by atoms with Crippen LogP contribution in [0.2, 0.25) is 5.02 Å². The van der Waals surface area contributed by atoms with Crippen molar-refractivity contribution in [2.75, 3.05) is 5.32 Å². The number of hydrogen-bond donors (Lipinski definition) is 1. The Bertz CT molecular complexity index is 1110. The van der Waals surface area contributed by atoms with Crippen LogP contribution in [0.15, 0.2) is 47.5 Å². The van der Waals surface area contributed by atoms with Gasteiger partial charge in [0.25, 0.3) is 0 Å². The first-order valence-corrected chi connectivity index (χ1v) is 10.2. The van der Waals surface area contributed by atoms with Crippen molar-refractivity contribution in [2.24, 2.45) is 0 Å². The van der Waals surface area contributed by atoms with Gasteiger partial charge >= 0.3 is 0 Å². The largest absolute Gasteiger partial charge is 0.325 e. The van der Waals surface area contributed by atoms with Gasteiger partial charge in [-0.2, -0.15) is 5.26 Å². The van der Waals surface area contributed by atoms with Gasteiger partial charge in [0.05, 0.1) is 21.4 Å². The zero-order chi connectivity index (χ0) is 19.7. The third kappa shape index (κ3) is 3.96. The summed E-state index contributed by atoms with van der Waals surface area (Å²) in [5, 5.41) is 13.6. The van der Waals surface area contributed by atoms with Crippen molar-refractivity contribution in [1.82, 2.24) is 9.97 Å². The summed E-state index contributed by atoms with van der Waals surface area (Å²) in [5.74, 6) is 1.16. The molecule has 1 amide bonds. The molecule has 1 unspecified atom stereocenters. The topological polar surface area (TPSA) is 78.7 Å². The fourth-order valence-corrected chi connectivity index (χ4v) is 4.00. The third-order valence-electron chi connectivity index (χ3n) is 4.54. The summed E-state index contributed by atoms with van der Waals surface area (Å²) in [6, 6.07) is 14.7. The molecular formula is C21H17ClN4OS. The molecule has 3 aromatic rings. The second-order valence-corrected chi connectivity index (χ2v) is 8.47. The number of benzene rings is 2. The second kappa shape index (κ2) is 7.78. The fourth-order valence-electron chi connectivity index (χ4n) is 2.83. The highest BCUT2D eigenvalue weighted by molar-refractivity contribution is 8.00. The molecule has 1 aromatic heterocycles. The minimum absolute atomic E-state index is 0.151. The molecule has 1 heterocycles. The van der Waals surface area contributed by atoms with E-state index in [1.54, 1.807) is 18.2 Å². The SMILES string of the molecule is CC(Sc1nc(C2CC2)nc2ccccc12)C(=O)Nc1ccc(C#N)c(Cl)c1. The summed E-state index contributed by atoms with van der Waals surface area (Å²) < 4.78 is 0. The van der Waals surface area contributed by atoms with Crippen molar-refractivity contribution in [2.45, 2.75) is 36.0 Å². The lowest BCUT2D eigenvalue weighted by Gasteiger charge is -2.14. The molecule has 1 saturated carbocycles. The number of hydrogen-bond acceptors (Lipinski definition) is 5. The summed E-state index contributed by atoms with van der Waals surface area (Å²) in [6.45, 7) is 1.85. The smallest absolute Gasteiger partial charge is 0.237 e. The van der Waals surface area contributed by atoms with Crippen LogP contribution in [0.3, 0.4) is 0 Å². The molecule has 1 aliphatic rings. The van der Waals surface area contributed by atoms with Gasteiger partial charge in [-0.15, -0.1) is 0 Å². The number of fused-ring (bicyclic) bond motifs is 1. The summed E-state index contributed by atoms with van der Waals surface area (Å²) in [4.78, 5) is 22.1. The number of nitrogens with zero attached hydrogens (tertiary/aromatic N) is 3. The average molecular weight is 409 g/mol. The van der Waals surface area contributed by atoms with E-state index in [4.69, 9.17) is 21.8 Å². The molecule has 1 aliphatic carbocycles. The number of anilines is 1. The number of para-hydroxylation sites is 1. The summed E-state index contributed by atoms with van der Waals surface area (Å²) in [5.41, 5.74) is 1.85. The molecule has 0 aliphatic heterocycles. The van der Waals surface area contributed by atoms with Crippen LogP contribution in [0.4, 0.5) is 5.69 Å². The molecule has 1 fully saturated rings. The van der Waals surface area contributed by atoms with Crippen LogP contribution in [0.1, 0.15) is 37.1 Å². The maximum Gasteiger partial charge on any atom is 0.237 e. The number of nitrogens with one attached hydrogen (secondary N) is 1. The van der Waals surface area contributed by atoms with Gasteiger partial charge < -0.3 is 5.32 Å². The molecule has 1 N–H and O–H groups in total. The highest BCUT2D eigenvalue weighted by Gasteiger charge is 2.28. The number of carbonyl (C=O) groups excluding carboxylic acids is 1. The molecule has 4 rings (SSSR count). The van der Waals surface area contributed by atoms with E-state index in [2.05, 4.69) is 10.3 Å². The Morgan fingerprint density at radius 3 is 2.79 bits per heavy atom. The van der Waals surface area contributed by atoms with Crippen molar-refractivity contribution in [3.8, 4) is 6.07 Å². The van der Waals surface area contributed by atoms with Crippen molar-refractivity contribution in [3.05, 3.63) is 58.9 Å². The van der Waals surface area contributed by atoms with Gasteiger partial charge in [0.1, 0.15) is 16.9 Å². The van der Waals surface area contributed by atoms with Crippen molar-refractivity contribution in [3.63, 3.8) is 0 Å². The Morgan fingerprint density at radius 2 is 2.07 bits per heavy atom. The van der Waals surface area contributed by atoms with Crippen LogP contribution in [0.5, 0.6) is 0 Å². The first-order chi connectivity index (χ1) is 13.5. The maximum absolute atomic E-state index is 12.7. The Balaban J connectivity index is 1.54. The third-order valence-corrected chi connectivity index (χ3v) is 5.96. The summed E-state index contributed by atoms with van der Waals surface area (Å²) in [7, 11) is 0. The van der Waals surface area contributed by atoms with Crippen molar-refractivity contribution >= 4 is 45.9 Å². The molecule has 1 atom stereocenters. The molecule has 140 valence electrons. The molecule has 7 heteroatoms. The highest BCUT2D eigenvalue weighted by atomic mass is 35.5. The number of aromatic nitrogens is 2.